The number of rotatable bonds is 1. The zero-order valence-corrected chi connectivity index (χ0v) is 8.36. The zero-order valence-electron chi connectivity index (χ0n) is 8.36. The van der Waals surface area contributed by atoms with E-state index in [9.17, 15) is 5.11 Å². The van der Waals surface area contributed by atoms with Crippen LogP contribution in [0.25, 0.3) is 10.8 Å². The summed E-state index contributed by atoms with van der Waals surface area (Å²) < 4.78 is 0. The molecule has 1 unspecified atom stereocenters. The summed E-state index contributed by atoms with van der Waals surface area (Å²) in [6.45, 7) is 3.83. The summed E-state index contributed by atoms with van der Waals surface area (Å²) in [5.41, 5.74) is 2.16. The van der Waals surface area contributed by atoms with Crippen LogP contribution in [0.4, 0.5) is 0 Å². The van der Waals surface area contributed by atoms with Crippen LogP contribution < -0.4 is 0 Å². The van der Waals surface area contributed by atoms with E-state index >= 15 is 0 Å². The molecule has 0 aliphatic rings. The van der Waals surface area contributed by atoms with Crippen LogP contribution in [0.15, 0.2) is 30.6 Å². The fourth-order valence-electron chi connectivity index (χ4n) is 1.72. The maximum absolute atomic E-state index is 9.59. The minimum atomic E-state index is -0.430. The molecule has 0 aliphatic carbocycles. The highest BCUT2D eigenvalue weighted by atomic mass is 16.3. The molecule has 72 valence electrons. The van der Waals surface area contributed by atoms with Crippen LogP contribution >= 0.6 is 0 Å². The van der Waals surface area contributed by atoms with E-state index < -0.39 is 6.10 Å². The SMILES string of the molecule is Cc1ccc(C(C)O)c2ccncc12. The fourth-order valence-corrected chi connectivity index (χ4v) is 1.72. The van der Waals surface area contributed by atoms with Gasteiger partial charge in [-0.2, -0.15) is 0 Å². The second-order valence-electron chi connectivity index (χ2n) is 3.57. The van der Waals surface area contributed by atoms with Gasteiger partial charge < -0.3 is 5.11 Å². The summed E-state index contributed by atoms with van der Waals surface area (Å²) in [7, 11) is 0. The second kappa shape index (κ2) is 3.39. The molecule has 0 amide bonds. The third kappa shape index (κ3) is 1.38. The molecule has 2 nitrogen and oxygen atoms in total. The molecule has 0 fully saturated rings. The van der Waals surface area contributed by atoms with Crippen LogP contribution in [-0.4, -0.2) is 10.1 Å². The summed E-state index contributed by atoms with van der Waals surface area (Å²) in [6, 6.07) is 5.94. The van der Waals surface area contributed by atoms with Crippen LogP contribution in [0.3, 0.4) is 0 Å². The van der Waals surface area contributed by atoms with Crippen molar-refractivity contribution in [2.24, 2.45) is 0 Å². The number of aliphatic hydroxyl groups excluding tert-OH is 1. The number of aliphatic hydroxyl groups is 1. The van der Waals surface area contributed by atoms with Gasteiger partial charge in [0, 0.05) is 17.8 Å². The highest BCUT2D eigenvalue weighted by Crippen LogP contribution is 2.25. The molecule has 0 bridgehead atoms. The molecule has 0 aliphatic heterocycles. The normalized spacial score (nSPS) is 13.1. The zero-order chi connectivity index (χ0) is 10.1. The lowest BCUT2D eigenvalue weighted by molar-refractivity contribution is 0.201. The fraction of sp³-hybridized carbons (Fsp3) is 0.250. The van der Waals surface area contributed by atoms with Gasteiger partial charge in [-0.1, -0.05) is 12.1 Å². The van der Waals surface area contributed by atoms with Crippen molar-refractivity contribution in [1.82, 2.24) is 4.98 Å². The Morgan fingerprint density at radius 2 is 2.00 bits per heavy atom. The summed E-state index contributed by atoms with van der Waals surface area (Å²) in [4.78, 5) is 4.09. The van der Waals surface area contributed by atoms with Crippen molar-refractivity contribution in [2.45, 2.75) is 20.0 Å². The third-order valence-corrected chi connectivity index (χ3v) is 2.52. The number of benzene rings is 1. The molecular weight excluding hydrogens is 174 g/mol. The average molecular weight is 187 g/mol. The molecule has 2 rings (SSSR count). The standard InChI is InChI=1S/C12H13NO/c1-8-3-4-10(9(2)14)11-5-6-13-7-12(8)11/h3-7,9,14H,1-2H3. The van der Waals surface area contributed by atoms with E-state index in [4.69, 9.17) is 0 Å². The van der Waals surface area contributed by atoms with Crippen LogP contribution in [0.5, 0.6) is 0 Å². The van der Waals surface area contributed by atoms with E-state index in [0.29, 0.717) is 0 Å². The molecule has 14 heavy (non-hydrogen) atoms. The predicted molar refractivity (Wildman–Crippen MR) is 57.1 cm³/mol. The van der Waals surface area contributed by atoms with E-state index in [-0.39, 0.29) is 0 Å². The van der Waals surface area contributed by atoms with Gasteiger partial charge in [-0.3, -0.25) is 4.98 Å². The molecule has 0 spiro atoms. The first-order valence-electron chi connectivity index (χ1n) is 4.71. The maximum Gasteiger partial charge on any atom is 0.0767 e. The van der Waals surface area contributed by atoms with E-state index in [2.05, 4.69) is 11.9 Å². The number of nitrogens with zero attached hydrogens (tertiary/aromatic N) is 1. The Morgan fingerprint density at radius 3 is 2.71 bits per heavy atom. The van der Waals surface area contributed by atoms with Gasteiger partial charge in [-0.05, 0) is 36.4 Å². The van der Waals surface area contributed by atoms with Gasteiger partial charge in [0.25, 0.3) is 0 Å². The summed E-state index contributed by atoms with van der Waals surface area (Å²) in [5, 5.41) is 11.8. The van der Waals surface area contributed by atoms with Crippen LogP contribution in [0.1, 0.15) is 24.2 Å². The molecule has 1 aromatic heterocycles. The first-order chi connectivity index (χ1) is 6.70. The number of pyridine rings is 1. The van der Waals surface area contributed by atoms with Crippen molar-refractivity contribution in [3.63, 3.8) is 0 Å². The molecule has 1 N–H and O–H groups in total. The van der Waals surface area contributed by atoms with E-state index in [1.165, 1.54) is 5.56 Å². The Bertz CT molecular complexity index is 463. The Hall–Kier alpha value is -1.41. The molecule has 0 saturated carbocycles. The van der Waals surface area contributed by atoms with Crippen LogP contribution in [0, 0.1) is 6.92 Å². The number of aryl methyl sites for hydroxylation is 1. The third-order valence-electron chi connectivity index (χ3n) is 2.52. The van der Waals surface area contributed by atoms with Gasteiger partial charge in [-0.25, -0.2) is 0 Å². The topological polar surface area (TPSA) is 33.1 Å². The van der Waals surface area contributed by atoms with Crippen LogP contribution in [0.2, 0.25) is 0 Å². The molecule has 0 saturated heterocycles. The molecule has 0 radical (unpaired) electrons. The minimum Gasteiger partial charge on any atom is -0.389 e. The largest absolute Gasteiger partial charge is 0.389 e. The van der Waals surface area contributed by atoms with Gasteiger partial charge in [0.05, 0.1) is 6.10 Å². The molecular formula is C12H13NO. The van der Waals surface area contributed by atoms with Gasteiger partial charge in [0.15, 0.2) is 0 Å². The van der Waals surface area contributed by atoms with E-state index in [0.717, 1.165) is 16.3 Å². The van der Waals surface area contributed by atoms with E-state index in [1.54, 1.807) is 13.1 Å². The number of fused-ring (bicyclic) bond motifs is 1. The quantitative estimate of drug-likeness (QED) is 0.744. The van der Waals surface area contributed by atoms with Crippen molar-refractivity contribution in [2.75, 3.05) is 0 Å². The summed E-state index contributed by atoms with van der Waals surface area (Å²) >= 11 is 0. The molecule has 2 heteroatoms. The van der Waals surface area contributed by atoms with Crippen molar-refractivity contribution in [1.29, 1.82) is 0 Å². The minimum absolute atomic E-state index is 0.430. The van der Waals surface area contributed by atoms with Crippen molar-refractivity contribution >= 4 is 10.8 Å². The Labute approximate surface area is 83.2 Å². The summed E-state index contributed by atoms with van der Waals surface area (Å²) in [6.07, 6.45) is 3.17. The predicted octanol–water partition coefficient (Wildman–Crippen LogP) is 2.60. The van der Waals surface area contributed by atoms with Crippen molar-refractivity contribution in [3.8, 4) is 0 Å². The average Bonchev–Trinajstić information content (AvgIpc) is 2.18. The highest BCUT2D eigenvalue weighted by molar-refractivity contribution is 5.87. The van der Waals surface area contributed by atoms with Gasteiger partial charge in [0.1, 0.15) is 0 Å². The highest BCUT2D eigenvalue weighted by Gasteiger charge is 2.07. The molecule has 1 aromatic carbocycles. The van der Waals surface area contributed by atoms with Crippen LogP contribution in [-0.2, 0) is 0 Å². The first-order valence-corrected chi connectivity index (χ1v) is 4.71. The molecule has 1 heterocycles. The monoisotopic (exact) mass is 187 g/mol. The lowest BCUT2D eigenvalue weighted by atomic mass is 9.99. The maximum atomic E-state index is 9.59. The van der Waals surface area contributed by atoms with Gasteiger partial charge in [0.2, 0.25) is 0 Å². The lowest BCUT2D eigenvalue weighted by Gasteiger charge is -2.10. The molecule has 1 atom stereocenters. The van der Waals surface area contributed by atoms with Crippen molar-refractivity contribution < 1.29 is 5.11 Å². The summed E-state index contributed by atoms with van der Waals surface area (Å²) in [5.74, 6) is 0. The Kier molecular flexibility index (Phi) is 2.22. The number of hydrogen-bond acceptors (Lipinski definition) is 2. The molecule has 2 aromatic rings. The Morgan fingerprint density at radius 1 is 1.21 bits per heavy atom. The van der Waals surface area contributed by atoms with Gasteiger partial charge >= 0.3 is 0 Å². The van der Waals surface area contributed by atoms with E-state index in [1.807, 2.05) is 24.4 Å². The van der Waals surface area contributed by atoms with Gasteiger partial charge in [-0.15, -0.1) is 0 Å². The first kappa shape index (κ1) is 9.16. The smallest absolute Gasteiger partial charge is 0.0767 e. The second-order valence-corrected chi connectivity index (χ2v) is 3.57. The van der Waals surface area contributed by atoms with Crippen molar-refractivity contribution in [3.05, 3.63) is 41.7 Å². The number of hydrogen-bond donors (Lipinski definition) is 1. The number of aromatic nitrogens is 1. The lowest BCUT2D eigenvalue weighted by Crippen LogP contribution is -1.93. The Balaban J connectivity index is 2.82.